The third-order valence-electron chi connectivity index (χ3n) is 5.26. The Morgan fingerprint density at radius 3 is 2.48 bits per heavy atom. The molecular formula is C22H26N4O. The molecule has 4 rings (SSSR count). The third kappa shape index (κ3) is 4.26. The van der Waals surface area contributed by atoms with Crippen molar-refractivity contribution in [2.45, 2.75) is 26.4 Å². The normalized spacial score (nSPS) is 17.1. The molecule has 0 bridgehead atoms. The van der Waals surface area contributed by atoms with Gasteiger partial charge in [0.2, 0.25) is 11.8 Å². The standard InChI is InChI=1S/C22H26N4O/c1-17-7-6-8-19(15-17)16-25-11-13-26(14-12-25)18(2)21-23-24-22(27-21)20-9-4-3-5-10-20/h3-10,15,18H,11-14,16H2,1-2H3/t18-/m0/s1. The molecule has 1 aromatic heterocycles. The van der Waals surface area contributed by atoms with Gasteiger partial charge in [-0.2, -0.15) is 0 Å². The van der Waals surface area contributed by atoms with Crippen molar-refractivity contribution in [3.8, 4) is 11.5 Å². The summed E-state index contributed by atoms with van der Waals surface area (Å²) in [6.07, 6.45) is 0. The molecule has 5 heteroatoms. The van der Waals surface area contributed by atoms with Crippen LogP contribution in [0.15, 0.2) is 59.0 Å². The van der Waals surface area contributed by atoms with E-state index in [2.05, 4.69) is 58.1 Å². The van der Waals surface area contributed by atoms with E-state index in [1.54, 1.807) is 0 Å². The number of hydrogen-bond acceptors (Lipinski definition) is 5. The van der Waals surface area contributed by atoms with Crippen LogP contribution in [0.1, 0.15) is 30.0 Å². The fraction of sp³-hybridized carbons (Fsp3) is 0.364. The van der Waals surface area contributed by atoms with Crippen LogP contribution < -0.4 is 0 Å². The minimum absolute atomic E-state index is 0.135. The van der Waals surface area contributed by atoms with E-state index in [1.807, 2.05) is 30.3 Å². The Labute approximate surface area is 160 Å². The maximum Gasteiger partial charge on any atom is 0.247 e. The summed E-state index contributed by atoms with van der Waals surface area (Å²) in [4.78, 5) is 4.94. The highest BCUT2D eigenvalue weighted by molar-refractivity contribution is 5.51. The number of piperazine rings is 1. The minimum atomic E-state index is 0.135. The van der Waals surface area contributed by atoms with E-state index in [-0.39, 0.29) is 6.04 Å². The van der Waals surface area contributed by atoms with Gasteiger partial charge in [0.05, 0.1) is 6.04 Å². The van der Waals surface area contributed by atoms with Crippen molar-refractivity contribution in [2.75, 3.05) is 26.2 Å². The topological polar surface area (TPSA) is 45.4 Å². The van der Waals surface area contributed by atoms with Gasteiger partial charge in [0.1, 0.15) is 0 Å². The molecular weight excluding hydrogens is 336 g/mol. The molecule has 2 heterocycles. The molecule has 2 aromatic carbocycles. The number of hydrogen-bond donors (Lipinski definition) is 0. The SMILES string of the molecule is Cc1cccc(CN2CCN([C@@H](C)c3nnc(-c4ccccc4)o3)CC2)c1. The van der Waals surface area contributed by atoms with Crippen LogP contribution in [0.4, 0.5) is 0 Å². The first-order valence-electron chi connectivity index (χ1n) is 9.60. The molecule has 1 aliphatic heterocycles. The van der Waals surface area contributed by atoms with E-state index in [0.29, 0.717) is 11.8 Å². The third-order valence-corrected chi connectivity index (χ3v) is 5.26. The van der Waals surface area contributed by atoms with Crippen LogP contribution in [0.25, 0.3) is 11.5 Å². The van der Waals surface area contributed by atoms with E-state index in [0.717, 1.165) is 38.3 Å². The fourth-order valence-corrected chi connectivity index (χ4v) is 3.63. The number of aryl methyl sites for hydroxylation is 1. The Morgan fingerprint density at radius 1 is 0.963 bits per heavy atom. The largest absolute Gasteiger partial charge is 0.419 e. The molecule has 0 radical (unpaired) electrons. The molecule has 1 atom stereocenters. The molecule has 0 N–H and O–H groups in total. The first-order chi connectivity index (χ1) is 13.2. The summed E-state index contributed by atoms with van der Waals surface area (Å²) in [5.74, 6) is 1.29. The number of benzene rings is 2. The van der Waals surface area contributed by atoms with E-state index >= 15 is 0 Å². The molecule has 0 amide bonds. The van der Waals surface area contributed by atoms with Crippen LogP contribution in [-0.4, -0.2) is 46.2 Å². The van der Waals surface area contributed by atoms with E-state index in [9.17, 15) is 0 Å². The van der Waals surface area contributed by atoms with E-state index in [4.69, 9.17) is 4.42 Å². The second-order valence-electron chi connectivity index (χ2n) is 7.29. The highest BCUT2D eigenvalue weighted by Gasteiger charge is 2.25. The summed E-state index contributed by atoms with van der Waals surface area (Å²) < 4.78 is 5.94. The first kappa shape index (κ1) is 17.9. The molecule has 140 valence electrons. The summed E-state index contributed by atoms with van der Waals surface area (Å²) in [5.41, 5.74) is 3.68. The van der Waals surface area contributed by atoms with Crippen LogP contribution in [0.2, 0.25) is 0 Å². The van der Waals surface area contributed by atoms with Crippen molar-refractivity contribution in [3.63, 3.8) is 0 Å². The summed E-state index contributed by atoms with van der Waals surface area (Å²) >= 11 is 0. The van der Waals surface area contributed by atoms with Crippen LogP contribution in [0.3, 0.4) is 0 Å². The Morgan fingerprint density at radius 2 is 1.74 bits per heavy atom. The van der Waals surface area contributed by atoms with E-state index < -0.39 is 0 Å². The van der Waals surface area contributed by atoms with Gasteiger partial charge >= 0.3 is 0 Å². The fourth-order valence-electron chi connectivity index (χ4n) is 3.63. The van der Waals surface area contributed by atoms with Gasteiger partial charge in [0.25, 0.3) is 0 Å². The van der Waals surface area contributed by atoms with Crippen molar-refractivity contribution < 1.29 is 4.42 Å². The van der Waals surface area contributed by atoms with Crippen LogP contribution in [0, 0.1) is 6.92 Å². The summed E-state index contributed by atoms with van der Waals surface area (Å²) in [7, 11) is 0. The molecule has 1 aliphatic rings. The van der Waals surface area contributed by atoms with Gasteiger partial charge in [-0.05, 0) is 31.5 Å². The van der Waals surface area contributed by atoms with Crippen molar-refractivity contribution in [1.29, 1.82) is 0 Å². The number of nitrogens with zero attached hydrogens (tertiary/aromatic N) is 4. The maximum atomic E-state index is 5.94. The minimum Gasteiger partial charge on any atom is -0.419 e. The highest BCUT2D eigenvalue weighted by Crippen LogP contribution is 2.25. The first-order valence-corrected chi connectivity index (χ1v) is 9.60. The molecule has 0 saturated carbocycles. The van der Waals surface area contributed by atoms with Crippen molar-refractivity contribution in [1.82, 2.24) is 20.0 Å². The smallest absolute Gasteiger partial charge is 0.247 e. The predicted octanol–water partition coefficient (Wildman–Crippen LogP) is 3.92. The summed E-state index contributed by atoms with van der Waals surface area (Å²) in [6.45, 7) is 9.44. The number of rotatable bonds is 5. The summed E-state index contributed by atoms with van der Waals surface area (Å²) in [6, 6.07) is 18.9. The number of aromatic nitrogens is 2. The molecule has 3 aromatic rings. The van der Waals surface area contributed by atoms with Gasteiger partial charge in [-0.1, -0.05) is 48.0 Å². The van der Waals surface area contributed by atoms with E-state index in [1.165, 1.54) is 11.1 Å². The van der Waals surface area contributed by atoms with Gasteiger partial charge in [-0.25, -0.2) is 0 Å². The molecule has 27 heavy (non-hydrogen) atoms. The molecule has 0 aliphatic carbocycles. The lowest BCUT2D eigenvalue weighted by Gasteiger charge is -2.36. The van der Waals surface area contributed by atoms with Crippen LogP contribution in [0.5, 0.6) is 0 Å². The average molecular weight is 362 g/mol. The Hall–Kier alpha value is -2.50. The van der Waals surface area contributed by atoms with Crippen molar-refractivity contribution in [3.05, 3.63) is 71.6 Å². The zero-order chi connectivity index (χ0) is 18.6. The second kappa shape index (κ2) is 8.03. The molecule has 1 fully saturated rings. The van der Waals surface area contributed by atoms with Gasteiger partial charge < -0.3 is 4.42 Å². The molecule has 5 nitrogen and oxygen atoms in total. The maximum absolute atomic E-state index is 5.94. The quantitative estimate of drug-likeness (QED) is 0.688. The van der Waals surface area contributed by atoms with Crippen LogP contribution in [-0.2, 0) is 6.54 Å². The average Bonchev–Trinajstić information content (AvgIpc) is 3.19. The monoisotopic (exact) mass is 362 g/mol. The lowest BCUT2D eigenvalue weighted by atomic mass is 10.1. The van der Waals surface area contributed by atoms with Crippen molar-refractivity contribution in [2.24, 2.45) is 0 Å². The zero-order valence-electron chi connectivity index (χ0n) is 16.0. The van der Waals surface area contributed by atoms with Gasteiger partial charge in [-0.3, -0.25) is 9.80 Å². The summed E-state index contributed by atoms with van der Waals surface area (Å²) in [5, 5.41) is 8.52. The van der Waals surface area contributed by atoms with Gasteiger partial charge in [-0.15, -0.1) is 10.2 Å². The van der Waals surface area contributed by atoms with Crippen molar-refractivity contribution >= 4 is 0 Å². The Balaban J connectivity index is 1.35. The lowest BCUT2D eigenvalue weighted by Crippen LogP contribution is -2.46. The van der Waals surface area contributed by atoms with Gasteiger partial charge in [0, 0.05) is 38.3 Å². The lowest BCUT2D eigenvalue weighted by molar-refractivity contribution is 0.0876. The Kier molecular flexibility index (Phi) is 5.32. The zero-order valence-corrected chi connectivity index (χ0v) is 16.0. The highest BCUT2D eigenvalue weighted by atomic mass is 16.4. The second-order valence-corrected chi connectivity index (χ2v) is 7.29. The predicted molar refractivity (Wildman–Crippen MR) is 106 cm³/mol. The molecule has 1 saturated heterocycles. The van der Waals surface area contributed by atoms with Gasteiger partial charge in [0.15, 0.2) is 0 Å². The molecule has 0 unspecified atom stereocenters. The Bertz CT molecular complexity index is 869. The molecule has 0 spiro atoms. The van der Waals surface area contributed by atoms with Crippen LogP contribution >= 0.6 is 0 Å².